The molecule has 108 valence electrons. The highest BCUT2D eigenvalue weighted by Crippen LogP contribution is 2.23. The van der Waals surface area contributed by atoms with E-state index in [4.69, 9.17) is 4.74 Å². The van der Waals surface area contributed by atoms with Crippen molar-refractivity contribution in [2.45, 2.75) is 90.3 Å². The Morgan fingerprint density at radius 1 is 1.06 bits per heavy atom. The molecule has 1 saturated heterocycles. The van der Waals surface area contributed by atoms with Gasteiger partial charge in [0.25, 0.3) is 0 Å². The third-order valence-corrected chi connectivity index (χ3v) is 3.98. The van der Waals surface area contributed by atoms with E-state index in [9.17, 15) is 0 Å². The molecule has 1 aliphatic rings. The van der Waals surface area contributed by atoms with E-state index in [2.05, 4.69) is 26.1 Å². The zero-order valence-electron chi connectivity index (χ0n) is 12.8. The maximum atomic E-state index is 6.07. The molecule has 0 bridgehead atoms. The minimum absolute atomic E-state index is 0.0832. The third-order valence-electron chi connectivity index (χ3n) is 3.98. The number of unbranched alkanes of at least 4 members (excludes halogenated alkanes) is 7. The molecular formula is C16H33NO. The molecule has 1 heterocycles. The average Bonchev–Trinajstić information content (AvgIpc) is 2.32. The molecule has 1 N–H and O–H groups in total. The van der Waals surface area contributed by atoms with Crippen molar-refractivity contribution in [2.24, 2.45) is 0 Å². The van der Waals surface area contributed by atoms with Gasteiger partial charge in [0.05, 0.1) is 11.7 Å². The zero-order valence-corrected chi connectivity index (χ0v) is 12.8. The van der Waals surface area contributed by atoms with Crippen molar-refractivity contribution in [3.8, 4) is 0 Å². The van der Waals surface area contributed by atoms with E-state index in [1.54, 1.807) is 0 Å². The standard InChI is InChI=1S/C16H33NO/c1-4-5-6-7-8-9-10-11-12-16(3)14-17-13-15(2)18-16/h15,17H,4-14H2,1-3H3. The summed E-state index contributed by atoms with van der Waals surface area (Å²) in [7, 11) is 0. The van der Waals surface area contributed by atoms with Crippen LogP contribution in [-0.2, 0) is 4.74 Å². The first-order valence-electron chi connectivity index (χ1n) is 8.05. The molecule has 2 heteroatoms. The molecule has 0 aromatic carbocycles. The molecule has 2 nitrogen and oxygen atoms in total. The van der Waals surface area contributed by atoms with Crippen molar-refractivity contribution in [1.82, 2.24) is 5.32 Å². The van der Waals surface area contributed by atoms with Crippen molar-refractivity contribution >= 4 is 0 Å². The van der Waals surface area contributed by atoms with Crippen LogP contribution in [0.5, 0.6) is 0 Å². The van der Waals surface area contributed by atoms with E-state index in [0.29, 0.717) is 6.10 Å². The van der Waals surface area contributed by atoms with Gasteiger partial charge < -0.3 is 10.1 Å². The summed E-state index contributed by atoms with van der Waals surface area (Å²) in [5.74, 6) is 0. The summed E-state index contributed by atoms with van der Waals surface area (Å²) in [6, 6.07) is 0. The summed E-state index contributed by atoms with van der Waals surface area (Å²) >= 11 is 0. The Labute approximate surface area is 114 Å². The minimum atomic E-state index is 0.0832. The number of ether oxygens (including phenoxy) is 1. The molecule has 1 rings (SSSR count). The summed E-state index contributed by atoms with van der Waals surface area (Å²) in [5, 5.41) is 3.48. The topological polar surface area (TPSA) is 21.3 Å². The van der Waals surface area contributed by atoms with Crippen LogP contribution in [0.4, 0.5) is 0 Å². The third kappa shape index (κ3) is 6.75. The van der Waals surface area contributed by atoms with Crippen molar-refractivity contribution in [1.29, 1.82) is 0 Å². The van der Waals surface area contributed by atoms with Crippen LogP contribution < -0.4 is 5.32 Å². The van der Waals surface area contributed by atoms with Crippen LogP contribution in [0.1, 0.15) is 78.6 Å². The summed E-state index contributed by atoms with van der Waals surface area (Å²) in [6.45, 7) is 8.73. The van der Waals surface area contributed by atoms with Crippen LogP contribution >= 0.6 is 0 Å². The Hall–Kier alpha value is -0.0800. The van der Waals surface area contributed by atoms with Gasteiger partial charge in [0.2, 0.25) is 0 Å². The second-order valence-corrected chi connectivity index (χ2v) is 6.23. The predicted octanol–water partition coefficient (Wildman–Crippen LogP) is 4.28. The molecule has 2 unspecified atom stereocenters. The fourth-order valence-electron chi connectivity index (χ4n) is 2.89. The Kier molecular flexibility index (Phi) is 7.92. The first-order chi connectivity index (χ1) is 8.66. The molecule has 18 heavy (non-hydrogen) atoms. The summed E-state index contributed by atoms with van der Waals surface area (Å²) in [6.07, 6.45) is 12.7. The fourth-order valence-corrected chi connectivity index (χ4v) is 2.89. The van der Waals surface area contributed by atoms with Crippen LogP contribution in [0.2, 0.25) is 0 Å². The van der Waals surface area contributed by atoms with Gasteiger partial charge in [-0.1, -0.05) is 58.3 Å². The molecular weight excluding hydrogens is 222 g/mol. The monoisotopic (exact) mass is 255 g/mol. The average molecular weight is 255 g/mol. The van der Waals surface area contributed by atoms with Crippen LogP contribution in [-0.4, -0.2) is 24.8 Å². The lowest BCUT2D eigenvalue weighted by Crippen LogP contribution is -2.51. The molecule has 0 aromatic heterocycles. The molecule has 0 amide bonds. The van der Waals surface area contributed by atoms with Crippen molar-refractivity contribution in [3.63, 3.8) is 0 Å². The van der Waals surface area contributed by atoms with Gasteiger partial charge in [-0.3, -0.25) is 0 Å². The Bertz CT molecular complexity index is 207. The van der Waals surface area contributed by atoms with Crippen molar-refractivity contribution in [3.05, 3.63) is 0 Å². The highest BCUT2D eigenvalue weighted by atomic mass is 16.5. The first kappa shape index (κ1) is 16.0. The number of rotatable bonds is 9. The second-order valence-electron chi connectivity index (χ2n) is 6.23. The van der Waals surface area contributed by atoms with Gasteiger partial charge in [-0.15, -0.1) is 0 Å². The van der Waals surface area contributed by atoms with Crippen LogP contribution in [0.3, 0.4) is 0 Å². The SMILES string of the molecule is CCCCCCCCCCC1(C)CNCC(C)O1. The minimum Gasteiger partial charge on any atom is -0.370 e. The Morgan fingerprint density at radius 2 is 1.67 bits per heavy atom. The zero-order chi connectivity index (χ0) is 13.3. The van der Waals surface area contributed by atoms with Crippen molar-refractivity contribution < 1.29 is 4.74 Å². The highest BCUT2D eigenvalue weighted by molar-refractivity contribution is 4.83. The second kappa shape index (κ2) is 8.92. The maximum absolute atomic E-state index is 6.07. The lowest BCUT2D eigenvalue weighted by molar-refractivity contribution is -0.102. The number of hydrogen-bond donors (Lipinski definition) is 1. The number of hydrogen-bond acceptors (Lipinski definition) is 2. The largest absolute Gasteiger partial charge is 0.370 e. The van der Waals surface area contributed by atoms with Crippen LogP contribution in [0.25, 0.3) is 0 Å². The smallest absolute Gasteiger partial charge is 0.0782 e. The number of nitrogens with one attached hydrogen (secondary N) is 1. The number of morpholine rings is 1. The van der Waals surface area contributed by atoms with E-state index in [0.717, 1.165) is 13.1 Å². The van der Waals surface area contributed by atoms with Crippen LogP contribution in [0.15, 0.2) is 0 Å². The van der Waals surface area contributed by atoms with Crippen LogP contribution in [0, 0.1) is 0 Å². The molecule has 0 radical (unpaired) electrons. The van der Waals surface area contributed by atoms with Gasteiger partial charge in [0, 0.05) is 13.1 Å². The fraction of sp³-hybridized carbons (Fsp3) is 1.00. The molecule has 0 aromatic rings. The van der Waals surface area contributed by atoms with Gasteiger partial charge >= 0.3 is 0 Å². The first-order valence-corrected chi connectivity index (χ1v) is 8.05. The quantitative estimate of drug-likeness (QED) is 0.621. The predicted molar refractivity (Wildman–Crippen MR) is 79.0 cm³/mol. The summed E-state index contributed by atoms with van der Waals surface area (Å²) in [5.41, 5.74) is 0.0832. The van der Waals surface area contributed by atoms with Gasteiger partial charge in [-0.25, -0.2) is 0 Å². The lowest BCUT2D eigenvalue weighted by atomic mass is 9.95. The molecule has 0 saturated carbocycles. The van der Waals surface area contributed by atoms with E-state index < -0.39 is 0 Å². The van der Waals surface area contributed by atoms with E-state index in [-0.39, 0.29) is 5.60 Å². The van der Waals surface area contributed by atoms with E-state index >= 15 is 0 Å². The Balaban J connectivity index is 1.96. The highest BCUT2D eigenvalue weighted by Gasteiger charge is 2.30. The van der Waals surface area contributed by atoms with E-state index in [1.807, 2.05) is 0 Å². The van der Waals surface area contributed by atoms with Crippen molar-refractivity contribution in [2.75, 3.05) is 13.1 Å². The normalized spacial score (nSPS) is 28.5. The summed E-state index contributed by atoms with van der Waals surface area (Å²) < 4.78 is 6.07. The van der Waals surface area contributed by atoms with Gasteiger partial charge in [-0.2, -0.15) is 0 Å². The van der Waals surface area contributed by atoms with Gasteiger partial charge in [0.15, 0.2) is 0 Å². The molecule has 0 spiro atoms. The Morgan fingerprint density at radius 3 is 2.28 bits per heavy atom. The summed E-state index contributed by atoms with van der Waals surface area (Å²) in [4.78, 5) is 0. The van der Waals surface area contributed by atoms with Gasteiger partial charge in [0.1, 0.15) is 0 Å². The molecule has 1 aliphatic heterocycles. The van der Waals surface area contributed by atoms with Gasteiger partial charge in [-0.05, 0) is 20.3 Å². The molecule has 0 aliphatic carbocycles. The molecule has 1 fully saturated rings. The maximum Gasteiger partial charge on any atom is 0.0782 e. The lowest BCUT2D eigenvalue weighted by Gasteiger charge is -2.38. The van der Waals surface area contributed by atoms with E-state index in [1.165, 1.54) is 57.8 Å². The molecule has 2 atom stereocenters.